The highest BCUT2D eigenvalue weighted by Gasteiger charge is 2.22. The number of nitrogens with zero attached hydrogens (tertiary/aromatic N) is 2. The smallest absolute Gasteiger partial charge is 0.231 e. The van der Waals surface area contributed by atoms with Gasteiger partial charge in [0.2, 0.25) is 11.8 Å². The van der Waals surface area contributed by atoms with Gasteiger partial charge in [0.1, 0.15) is 30.7 Å². The van der Waals surface area contributed by atoms with Gasteiger partial charge in [0, 0.05) is 25.2 Å². The Hall–Kier alpha value is -2.34. The summed E-state index contributed by atoms with van der Waals surface area (Å²) in [7, 11) is 0. The van der Waals surface area contributed by atoms with Gasteiger partial charge in [-0.2, -0.15) is 0 Å². The second-order valence-corrected chi connectivity index (χ2v) is 5.20. The summed E-state index contributed by atoms with van der Waals surface area (Å²) in [6.45, 7) is 2.67. The van der Waals surface area contributed by atoms with E-state index in [0.717, 1.165) is 36.5 Å². The van der Waals surface area contributed by atoms with Crippen LogP contribution in [0.15, 0.2) is 34.9 Å². The molecule has 6 nitrogen and oxygen atoms in total. The Morgan fingerprint density at radius 1 is 1.32 bits per heavy atom. The van der Waals surface area contributed by atoms with Crippen molar-refractivity contribution in [2.75, 3.05) is 26.2 Å². The fraction of sp³-hybridized carbons (Fsp3) is 0.375. The van der Waals surface area contributed by atoms with Crippen LogP contribution in [0.2, 0.25) is 0 Å². The first kappa shape index (κ1) is 14.6. The molecule has 116 valence electrons. The van der Waals surface area contributed by atoms with E-state index in [-0.39, 0.29) is 12.3 Å². The molecule has 22 heavy (non-hydrogen) atoms. The molecule has 0 aliphatic carbocycles. The highest BCUT2D eigenvalue weighted by atomic mass is 16.5. The number of ether oxygens (including phenoxy) is 1. The Morgan fingerprint density at radius 2 is 2.09 bits per heavy atom. The molecule has 1 aliphatic rings. The zero-order valence-electron chi connectivity index (χ0n) is 12.3. The molecule has 1 saturated heterocycles. The third kappa shape index (κ3) is 3.28. The molecule has 1 amide bonds. The van der Waals surface area contributed by atoms with Crippen molar-refractivity contribution >= 4 is 5.91 Å². The van der Waals surface area contributed by atoms with Crippen molar-refractivity contribution in [3.63, 3.8) is 0 Å². The van der Waals surface area contributed by atoms with Crippen LogP contribution in [-0.2, 0) is 11.2 Å². The van der Waals surface area contributed by atoms with Gasteiger partial charge in [-0.05, 0) is 30.7 Å². The van der Waals surface area contributed by atoms with Crippen molar-refractivity contribution in [2.24, 2.45) is 5.73 Å². The number of rotatable bonds is 6. The molecular formula is C16H19N3O3. The molecule has 1 aromatic heterocycles. The van der Waals surface area contributed by atoms with Gasteiger partial charge in [0.05, 0.1) is 0 Å². The van der Waals surface area contributed by atoms with Crippen molar-refractivity contribution in [3.8, 4) is 17.0 Å². The number of carbonyl (C=O) groups excluding carboxylic acids is 1. The summed E-state index contributed by atoms with van der Waals surface area (Å²) >= 11 is 0. The van der Waals surface area contributed by atoms with E-state index in [9.17, 15) is 4.79 Å². The molecule has 0 spiro atoms. The van der Waals surface area contributed by atoms with Crippen LogP contribution in [0, 0.1) is 0 Å². The van der Waals surface area contributed by atoms with E-state index < -0.39 is 0 Å². The number of hydrogen-bond donors (Lipinski definition) is 1. The number of benzene rings is 1. The van der Waals surface area contributed by atoms with Gasteiger partial charge in [0.25, 0.3) is 0 Å². The Labute approximate surface area is 128 Å². The molecule has 0 radical (unpaired) electrons. The van der Waals surface area contributed by atoms with Crippen molar-refractivity contribution in [1.29, 1.82) is 0 Å². The molecule has 1 fully saturated rings. The molecule has 0 saturated carbocycles. The van der Waals surface area contributed by atoms with Gasteiger partial charge >= 0.3 is 0 Å². The largest absolute Gasteiger partial charge is 0.492 e. The van der Waals surface area contributed by atoms with Gasteiger partial charge < -0.3 is 19.8 Å². The molecule has 3 rings (SSSR count). The molecule has 2 N–H and O–H groups in total. The second-order valence-electron chi connectivity index (χ2n) is 5.20. The molecule has 1 aliphatic heterocycles. The zero-order valence-corrected chi connectivity index (χ0v) is 12.3. The van der Waals surface area contributed by atoms with Crippen LogP contribution in [0.4, 0.5) is 0 Å². The van der Waals surface area contributed by atoms with Gasteiger partial charge in [-0.15, -0.1) is 0 Å². The Balaban J connectivity index is 1.63. The van der Waals surface area contributed by atoms with Gasteiger partial charge in [-0.3, -0.25) is 4.79 Å². The van der Waals surface area contributed by atoms with Crippen LogP contribution in [0.25, 0.3) is 11.3 Å². The number of oxazole rings is 1. The second kappa shape index (κ2) is 6.62. The summed E-state index contributed by atoms with van der Waals surface area (Å²) in [6.07, 6.45) is 2.88. The highest BCUT2D eigenvalue weighted by Crippen LogP contribution is 2.22. The first-order chi connectivity index (χ1) is 10.8. The average molecular weight is 301 g/mol. The molecule has 0 atom stereocenters. The van der Waals surface area contributed by atoms with Crippen LogP contribution < -0.4 is 10.5 Å². The summed E-state index contributed by atoms with van der Waals surface area (Å²) in [5.74, 6) is 1.30. The molecular weight excluding hydrogens is 282 g/mol. The molecule has 0 unspecified atom stereocenters. The van der Waals surface area contributed by atoms with Gasteiger partial charge in [0.15, 0.2) is 0 Å². The fourth-order valence-electron chi connectivity index (χ4n) is 2.23. The van der Waals surface area contributed by atoms with E-state index in [1.165, 1.54) is 0 Å². The van der Waals surface area contributed by atoms with Crippen LogP contribution in [-0.4, -0.2) is 42.0 Å². The summed E-state index contributed by atoms with van der Waals surface area (Å²) in [6, 6.07) is 7.55. The van der Waals surface area contributed by atoms with Crippen molar-refractivity contribution in [1.82, 2.24) is 9.88 Å². The van der Waals surface area contributed by atoms with Crippen LogP contribution in [0.1, 0.15) is 12.3 Å². The minimum Gasteiger partial charge on any atom is -0.492 e. The van der Waals surface area contributed by atoms with Crippen LogP contribution in [0.5, 0.6) is 5.75 Å². The standard InChI is InChI=1S/C16H19N3O3/c17-6-9-21-13-4-2-12(3-5-13)14-11-22-15(18-14)10-16(20)19-7-1-8-19/h2-5,11H,1,6-10,17H2. The van der Waals surface area contributed by atoms with E-state index in [0.29, 0.717) is 19.0 Å². The quantitative estimate of drug-likeness (QED) is 0.873. The lowest BCUT2D eigenvalue weighted by Crippen LogP contribution is -2.42. The fourth-order valence-corrected chi connectivity index (χ4v) is 2.23. The maximum atomic E-state index is 11.9. The topological polar surface area (TPSA) is 81.6 Å². The first-order valence-corrected chi connectivity index (χ1v) is 7.42. The predicted octanol–water partition coefficient (Wildman–Crippen LogP) is 1.45. The Bertz CT molecular complexity index is 632. The zero-order chi connectivity index (χ0) is 15.4. The number of amides is 1. The molecule has 6 heteroatoms. The lowest BCUT2D eigenvalue weighted by atomic mass is 10.1. The summed E-state index contributed by atoms with van der Waals surface area (Å²) in [5, 5.41) is 0. The number of nitrogens with two attached hydrogens (primary N) is 1. The minimum atomic E-state index is 0.0742. The molecule has 0 bridgehead atoms. The Morgan fingerprint density at radius 3 is 2.73 bits per heavy atom. The highest BCUT2D eigenvalue weighted by molar-refractivity contribution is 5.78. The normalized spacial score (nSPS) is 13.8. The molecule has 2 heterocycles. The molecule has 2 aromatic rings. The van der Waals surface area contributed by atoms with E-state index in [1.807, 2.05) is 29.2 Å². The van der Waals surface area contributed by atoms with Crippen LogP contribution in [0.3, 0.4) is 0 Å². The summed E-state index contributed by atoms with van der Waals surface area (Å²) in [4.78, 5) is 18.1. The third-order valence-electron chi connectivity index (χ3n) is 3.60. The third-order valence-corrected chi connectivity index (χ3v) is 3.60. The number of hydrogen-bond acceptors (Lipinski definition) is 5. The number of likely N-dealkylation sites (tertiary alicyclic amines) is 1. The minimum absolute atomic E-state index is 0.0742. The SMILES string of the molecule is NCCOc1ccc(-c2coc(CC(=O)N3CCC3)n2)cc1. The average Bonchev–Trinajstić information content (AvgIpc) is 2.92. The number of aromatic nitrogens is 1. The van der Waals surface area contributed by atoms with Crippen molar-refractivity contribution in [3.05, 3.63) is 36.4 Å². The lowest BCUT2D eigenvalue weighted by molar-refractivity contribution is -0.134. The van der Waals surface area contributed by atoms with E-state index in [2.05, 4.69) is 4.98 Å². The maximum Gasteiger partial charge on any atom is 0.231 e. The monoisotopic (exact) mass is 301 g/mol. The number of carbonyl (C=O) groups is 1. The molecule has 1 aromatic carbocycles. The maximum absolute atomic E-state index is 11.9. The lowest BCUT2D eigenvalue weighted by Gasteiger charge is -2.30. The summed E-state index contributed by atoms with van der Waals surface area (Å²) < 4.78 is 10.8. The van der Waals surface area contributed by atoms with E-state index in [1.54, 1.807) is 6.26 Å². The first-order valence-electron chi connectivity index (χ1n) is 7.42. The van der Waals surface area contributed by atoms with Gasteiger partial charge in [-0.1, -0.05) is 0 Å². The van der Waals surface area contributed by atoms with Crippen molar-refractivity contribution < 1.29 is 13.9 Å². The van der Waals surface area contributed by atoms with E-state index >= 15 is 0 Å². The van der Waals surface area contributed by atoms with Gasteiger partial charge in [-0.25, -0.2) is 4.98 Å². The predicted molar refractivity (Wildman–Crippen MR) is 81.4 cm³/mol. The van der Waals surface area contributed by atoms with Crippen molar-refractivity contribution in [2.45, 2.75) is 12.8 Å². The van der Waals surface area contributed by atoms with E-state index in [4.69, 9.17) is 14.9 Å². The summed E-state index contributed by atoms with van der Waals surface area (Å²) in [5.41, 5.74) is 7.04. The van der Waals surface area contributed by atoms with Crippen LogP contribution >= 0.6 is 0 Å². The Kier molecular flexibility index (Phi) is 4.39.